The number of rotatable bonds is 2. The minimum atomic E-state index is -0.455. The molecule has 2 N–H and O–H groups in total. The molecule has 0 aliphatic heterocycles. The van der Waals surface area contributed by atoms with Gasteiger partial charge in [0.1, 0.15) is 10.7 Å². The van der Waals surface area contributed by atoms with Gasteiger partial charge in [0.25, 0.3) is 5.56 Å². The normalized spacial score (nSPS) is 11.8. The molecule has 0 spiro atoms. The average molecular weight is 323 g/mol. The molecule has 0 saturated heterocycles. The number of aromatic amines is 1. The van der Waals surface area contributed by atoms with Crippen molar-refractivity contribution in [1.29, 1.82) is 0 Å². The Morgan fingerprint density at radius 1 is 0.957 bits per heavy atom. The van der Waals surface area contributed by atoms with Crippen molar-refractivity contribution in [3.05, 3.63) is 81.2 Å². The first kappa shape index (κ1) is 13.7. The lowest BCUT2D eigenvalue weighted by Gasteiger charge is -2.05. The van der Waals surface area contributed by atoms with Gasteiger partial charge in [-0.25, -0.2) is 5.10 Å². The molecule has 0 atom stereocenters. The van der Waals surface area contributed by atoms with Crippen LogP contribution >= 0.6 is 11.6 Å². The lowest BCUT2D eigenvalue weighted by atomic mass is 10.1. The van der Waals surface area contributed by atoms with Crippen LogP contribution in [-0.2, 0) is 0 Å². The van der Waals surface area contributed by atoms with Crippen LogP contribution in [0.1, 0.15) is 11.1 Å². The van der Waals surface area contributed by atoms with E-state index in [1.165, 1.54) is 6.20 Å². The van der Waals surface area contributed by atoms with Crippen LogP contribution in [0.2, 0.25) is 5.02 Å². The molecular weight excluding hydrogens is 312 g/mol. The van der Waals surface area contributed by atoms with Gasteiger partial charge in [0.2, 0.25) is 0 Å². The number of aromatic nitrogens is 2. The van der Waals surface area contributed by atoms with Crippen molar-refractivity contribution in [2.75, 3.05) is 5.43 Å². The summed E-state index contributed by atoms with van der Waals surface area (Å²) in [6.07, 6.45) is 1.43. The van der Waals surface area contributed by atoms with E-state index in [1.807, 2.05) is 36.4 Å². The van der Waals surface area contributed by atoms with Gasteiger partial charge in [-0.15, -0.1) is 0 Å². The van der Waals surface area contributed by atoms with E-state index in [0.29, 0.717) is 5.69 Å². The number of hydrazone groups is 1. The summed E-state index contributed by atoms with van der Waals surface area (Å²) in [5, 5.41) is 10.5. The lowest BCUT2D eigenvalue weighted by Crippen LogP contribution is -2.11. The van der Waals surface area contributed by atoms with Crippen LogP contribution < -0.4 is 11.0 Å². The van der Waals surface area contributed by atoms with Crippen molar-refractivity contribution in [3.63, 3.8) is 0 Å². The van der Waals surface area contributed by atoms with Gasteiger partial charge >= 0.3 is 0 Å². The molecule has 0 saturated carbocycles. The fourth-order valence-corrected chi connectivity index (χ4v) is 2.83. The van der Waals surface area contributed by atoms with Crippen LogP contribution in [0.4, 0.5) is 5.69 Å². The van der Waals surface area contributed by atoms with E-state index >= 15 is 0 Å². The largest absolute Gasteiger partial charge is 0.285 e. The highest BCUT2D eigenvalue weighted by molar-refractivity contribution is 6.33. The second kappa shape index (κ2) is 5.37. The summed E-state index contributed by atoms with van der Waals surface area (Å²) in [5.74, 6) is 0. The fourth-order valence-electron chi connectivity index (χ4n) is 2.69. The molecule has 0 amide bonds. The quantitative estimate of drug-likeness (QED) is 0.556. The number of H-pyrrole nitrogens is 1. The van der Waals surface area contributed by atoms with Crippen molar-refractivity contribution >= 4 is 23.0 Å². The summed E-state index contributed by atoms with van der Waals surface area (Å²) in [7, 11) is 0. The minimum absolute atomic E-state index is 0.0314. The lowest BCUT2D eigenvalue weighted by molar-refractivity contribution is 0.987. The zero-order valence-electron chi connectivity index (χ0n) is 11.9. The van der Waals surface area contributed by atoms with Crippen molar-refractivity contribution in [2.24, 2.45) is 5.10 Å². The third-order valence-corrected chi connectivity index (χ3v) is 4.11. The Morgan fingerprint density at radius 2 is 1.52 bits per heavy atom. The van der Waals surface area contributed by atoms with Crippen LogP contribution in [0.3, 0.4) is 0 Å². The van der Waals surface area contributed by atoms with Gasteiger partial charge in [-0.3, -0.25) is 10.2 Å². The van der Waals surface area contributed by atoms with E-state index in [2.05, 4.69) is 32.9 Å². The first-order valence-corrected chi connectivity index (χ1v) is 7.39. The number of hydrogen-bond donors (Lipinski definition) is 2. The zero-order valence-corrected chi connectivity index (χ0v) is 12.6. The number of nitrogens with zero attached hydrogens (tertiary/aromatic N) is 2. The summed E-state index contributed by atoms with van der Waals surface area (Å²) in [5.41, 5.74) is 7.92. The molecule has 0 unspecified atom stereocenters. The molecule has 2 aromatic carbocycles. The van der Waals surface area contributed by atoms with E-state index < -0.39 is 5.56 Å². The van der Waals surface area contributed by atoms with Crippen LogP contribution in [0.15, 0.2) is 64.6 Å². The Morgan fingerprint density at radius 3 is 2.13 bits per heavy atom. The molecular formula is C17H11ClN4O. The SMILES string of the molecule is O=c1[nH]ncc(NN=C2c3ccccc3-c3ccccc32)c1Cl. The van der Waals surface area contributed by atoms with E-state index in [1.54, 1.807) is 0 Å². The third-order valence-electron chi connectivity index (χ3n) is 3.74. The molecule has 3 aromatic rings. The highest BCUT2D eigenvalue weighted by Crippen LogP contribution is 2.36. The van der Waals surface area contributed by atoms with E-state index in [-0.39, 0.29) is 5.02 Å². The van der Waals surface area contributed by atoms with Crippen molar-refractivity contribution in [2.45, 2.75) is 0 Å². The Bertz CT molecular complexity index is 946. The highest BCUT2D eigenvalue weighted by atomic mass is 35.5. The smallest absolute Gasteiger partial charge is 0.275 e. The summed E-state index contributed by atoms with van der Waals surface area (Å²) < 4.78 is 0. The van der Waals surface area contributed by atoms with Gasteiger partial charge in [0.05, 0.1) is 11.9 Å². The number of nitrogens with one attached hydrogen (secondary N) is 2. The van der Waals surface area contributed by atoms with E-state index in [4.69, 9.17) is 11.6 Å². The average Bonchev–Trinajstić information content (AvgIpc) is 2.91. The summed E-state index contributed by atoms with van der Waals surface area (Å²) in [6.45, 7) is 0. The Hall–Kier alpha value is -2.92. The monoisotopic (exact) mass is 322 g/mol. The molecule has 112 valence electrons. The molecule has 23 heavy (non-hydrogen) atoms. The first-order valence-electron chi connectivity index (χ1n) is 7.02. The van der Waals surface area contributed by atoms with Gasteiger partial charge in [0.15, 0.2) is 0 Å². The van der Waals surface area contributed by atoms with Crippen LogP contribution in [0.5, 0.6) is 0 Å². The number of fused-ring (bicyclic) bond motifs is 3. The maximum Gasteiger partial charge on any atom is 0.285 e. The topological polar surface area (TPSA) is 70.1 Å². The maximum atomic E-state index is 11.5. The summed E-state index contributed by atoms with van der Waals surface area (Å²) in [4.78, 5) is 11.5. The Labute approximate surface area is 136 Å². The van der Waals surface area contributed by atoms with Crippen LogP contribution in [-0.4, -0.2) is 15.9 Å². The number of anilines is 1. The molecule has 1 aliphatic rings. The molecule has 0 fully saturated rings. The summed E-state index contributed by atoms with van der Waals surface area (Å²) in [6, 6.07) is 16.1. The maximum absolute atomic E-state index is 11.5. The third kappa shape index (κ3) is 2.22. The molecule has 1 aromatic heterocycles. The Kier molecular flexibility index (Phi) is 3.20. The standard InChI is InChI=1S/C17H11ClN4O/c18-15-14(9-19-22-17(15)23)20-21-16-12-7-3-1-5-10(12)11-6-2-4-8-13(11)16/h1-9H,(H2,20,22,23). The molecule has 0 radical (unpaired) electrons. The van der Waals surface area contributed by atoms with Crippen molar-refractivity contribution in [3.8, 4) is 11.1 Å². The predicted molar refractivity (Wildman–Crippen MR) is 91.0 cm³/mol. The van der Waals surface area contributed by atoms with Crippen molar-refractivity contribution < 1.29 is 0 Å². The van der Waals surface area contributed by atoms with Crippen LogP contribution in [0, 0.1) is 0 Å². The molecule has 1 aliphatic carbocycles. The molecule has 0 bridgehead atoms. The highest BCUT2D eigenvalue weighted by Gasteiger charge is 2.24. The van der Waals surface area contributed by atoms with Gasteiger partial charge in [0, 0.05) is 11.1 Å². The second-order valence-corrected chi connectivity index (χ2v) is 5.47. The fraction of sp³-hybridized carbons (Fsp3) is 0. The minimum Gasteiger partial charge on any atom is -0.275 e. The zero-order chi connectivity index (χ0) is 15.8. The Balaban J connectivity index is 1.82. The van der Waals surface area contributed by atoms with Crippen molar-refractivity contribution in [1.82, 2.24) is 10.2 Å². The number of hydrogen-bond acceptors (Lipinski definition) is 4. The van der Waals surface area contributed by atoms with Gasteiger partial charge in [-0.2, -0.15) is 10.2 Å². The first-order chi connectivity index (χ1) is 11.3. The molecule has 6 heteroatoms. The number of halogens is 1. The molecule has 1 heterocycles. The van der Waals surface area contributed by atoms with E-state index in [9.17, 15) is 4.79 Å². The van der Waals surface area contributed by atoms with Gasteiger partial charge in [-0.05, 0) is 11.1 Å². The molecule has 4 rings (SSSR count). The van der Waals surface area contributed by atoms with Gasteiger partial charge < -0.3 is 0 Å². The predicted octanol–water partition coefficient (Wildman–Crippen LogP) is 3.27. The molecule has 5 nitrogen and oxygen atoms in total. The number of benzene rings is 2. The van der Waals surface area contributed by atoms with Crippen LogP contribution in [0.25, 0.3) is 11.1 Å². The second-order valence-electron chi connectivity index (χ2n) is 5.09. The van der Waals surface area contributed by atoms with Gasteiger partial charge in [-0.1, -0.05) is 60.1 Å². The summed E-state index contributed by atoms with van der Waals surface area (Å²) >= 11 is 5.96. The van der Waals surface area contributed by atoms with E-state index in [0.717, 1.165) is 28.0 Å².